The van der Waals surface area contributed by atoms with Crippen molar-refractivity contribution in [1.29, 1.82) is 0 Å². The second-order valence-electron chi connectivity index (χ2n) is 3.73. The lowest BCUT2D eigenvalue weighted by Crippen LogP contribution is -1.93. The normalized spacial score (nSPS) is 10.6. The maximum absolute atomic E-state index is 10.5. The quantitative estimate of drug-likeness (QED) is 0.583. The Balaban J connectivity index is 1.99. The Kier molecular flexibility index (Phi) is 4.64. The molecular formula is C14H11ClN2O2. The number of ether oxygens (including phenoxy) is 1. The van der Waals surface area contributed by atoms with Crippen LogP contribution in [0, 0.1) is 0 Å². The van der Waals surface area contributed by atoms with Crippen LogP contribution in [0.25, 0.3) is 0 Å². The van der Waals surface area contributed by atoms with Gasteiger partial charge in [0.25, 0.3) is 0 Å². The lowest BCUT2D eigenvalue weighted by atomic mass is 10.2. The van der Waals surface area contributed by atoms with E-state index in [1.165, 1.54) is 0 Å². The highest BCUT2D eigenvalue weighted by Crippen LogP contribution is 2.18. The fourth-order valence-electron chi connectivity index (χ4n) is 1.41. The van der Waals surface area contributed by atoms with Gasteiger partial charge in [-0.3, -0.25) is 0 Å². The molecular weight excluding hydrogens is 264 g/mol. The maximum atomic E-state index is 10.5. The van der Waals surface area contributed by atoms with Gasteiger partial charge in [0.1, 0.15) is 6.61 Å². The highest BCUT2D eigenvalue weighted by molar-refractivity contribution is 6.61. The van der Waals surface area contributed by atoms with Crippen molar-refractivity contribution in [1.82, 2.24) is 0 Å². The molecule has 0 fully saturated rings. The zero-order chi connectivity index (χ0) is 13.5. The predicted octanol–water partition coefficient (Wildman–Crippen LogP) is 4.98. The molecule has 2 rings (SSSR count). The molecule has 0 aliphatic heterocycles. The maximum Gasteiger partial charge on any atom is 0.404 e. The van der Waals surface area contributed by atoms with Crippen molar-refractivity contribution in [2.24, 2.45) is 10.2 Å². The van der Waals surface area contributed by atoms with E-state index in [0.29, 0.717) is 0 Å². The molecule has 0 aromatic heterocycles. The lowest BCUT2D eigenvalue weighted by molar-refractivity contribution is 0.167. The average molecular weight is 275 g/mol. The molecule has 0 heterocycles. The van der Waals surface area contributed by atoms with E-state index in [0.717, 1.165) is 16.9 Å². The Morgan fingerprint density at radius 1 is 0.947 bits per heavy atom. The molecule has 0 radical (unpaired) electrons. The molecule has 19 heavy (non-hydrogen) atoms. The van der Waals surface area contributed by atoms with E-state index < -0.39 is 5.43 Å². The van der Waals surface area contributed by atoms with Crippen LogP contribution in [-0.2, 0) is 11.3 Å². The van der Waals surface area contributed by atoms with E-state index in [1.54, 1.807) is 24.3 Å². The molecule has 96 valence electrons. The Labute approximate surface area is 115 Å². The summed E-state index contributed by atoms with van der Waals surface area (Å²) in [6, 6.07) is 16.7. The van der Waals surface area contributed by atoms with Gasteiger partial charge in [-0.05, 0) is 29.8 Å². The highest BCUT2D eigenvalue weighted by atomic mass is 35.5. The van der Waals surface area contributed by atoms with Gasteiger partial charge in [0.15, 0.2) is 0 Å². The number of hydrogen-bond donors (Lipinski definition) is 0. The number of azo groups is 1. The number of hydrogen-bond acceptors (Lipinski definition) is 4. The molecule has 0 amide bonds. The van der Waals surface area contributed by atoms with Gasteiger partial charge in [0, 0.05) is 11.6 Å². The summed E-state index contributed by atoms with van der Waals surface area (Å²) < 4.78 is 4.67. The van der Waals surface area contributed by atoms with Gasteiger partial charge in [-0.15, -0.1) is 0 Å². The number of nitrogens with zero attached hydrogens (tertiary/aromatic N) is 2. The first kappa shape index (κ1) is 13.2. The third-order valence-electron chi connectivity index (χ3n) is 2.33. The number of carbonyl (C=O) groups is 1. The second-order valence-corrected chi connectivity index (χ2v) is 4.04. The van der Waals surface area contributed by atoms with E-state index >= 15 is 0 Å². The minimum atomic E-state index is -0.812. The van der Waals surface area contributed by atoms with Crippen molar-refractivity contribution in [2.75, 3.05) is 0 Å². The van der Waals surface area contributed by atoms with Crippen LogP contribution < -0.4 is 0 Å². The van der Waals surface area contributed by atoms with Crippen molar-refractivity contribution in [2.45, 2.75) is 6.61 Å². The topological polar surface area (TPSA) is 51.0 Å². The van der Waals surface area contributed by atoms with Crippen molar-refractivity contribution in [3.05, 3.63) is 60.2 Å². The molecule has 0 saturated carbocycles. The largest absolute Gasteiger partial charge is 0.449 e. The van der Waals surface area contributed by atoms with Gasteiger partial charge >= 0.3 is 5.43 Å². The van der Waals surface area contributed by atoms with Crippen molar-refractivity contribution >= 4 is 28.4 Å². The second kappa shape index (κ2) is 6.66. The van der Waals surface area contributed by atoms with E-state index in [9.17, 15) is 4.79 Å². The van der Waals surface area contributed by atoms with Crippen molar-refractivity contribution < 1.29 is 9.53 Å². The van der Waals surface area contributed by atoms with Gasteiger partial charge in [-0.2, -0.15) is 10.2 Å². The first-order chi connectivity index (χ1) is 9.24. The Hall–Kier alpha value is -2.20. The fourth-order valence-corrected chi connectivity index (χ4v) is 1.46. The van der Waals surface area contributed by atoms with E-state index in [4.69, 9.17) is 11.6 Å². The minimum absolute atomic E-state index is 0.151. The molecule has 0 spiro atoms. The molecule has 0 N–H and O–H groups in total. The monoisotopic (exact) mass is 274 g/mol. The van der Waals surface area contributed by atoms with Gasteiger partial charge < -0.3 is 4.74 Å². The fraction of sp³-hybridized carbons (Fsp3) is 0.0714. The number of rotatable bonds is 4. The smallest absolute Gasteiger partial charge is 0.404 e. The minimum Gasteiger partial charge on any atom is -0.449 e. The summed E-state index contributed by atoms with van der Waals surface area (Å²) in [4.78, 5) is 10.5. The molecule has 2 aromatic carbocycles. The molecule has 0 atom stereocenters. The highest BCUT2D eigenvalue weighted by Gasteiger charge is 1.98. The van der Waals surface area contributed by atoms with E-state index in [-0.39, 0.29) is 6.61 Å². The zero-order valence-corrected chi connectivity index (χ0v) is 10.7. The first-order valence-electron chi connectivity index (χ1n) is 5.62. The van der Waals surface area contributed by atoms with Crippen LogP contribution in [0.15, 0.2) is 64.8 Å². The summed E-state index contributed by atoms with van der Waals surface area (Å²) in [5.74, 6) is 0. The lowest BCUT2D eigenvalue weighted by Gasteiger charge is -2.00. The molecule has 2 aromatic rings. The van der Waals surface area contributed by atoms with Gasteiger partial charge in [-0.25, -0.2) is 4.79 Å². The van der Waals surface area contributed by atoms with Crippen LogP contribution in [0.3, 0.4) is 0 Å². The predicted molar refractivity (Wildman–Crippen MR) is 73.1 cm³/mol. The Bertz CT molecular complexity index is 568. The van der Waals surface area contributed by atoms with Crippen molar-refractivity contribution in [3.63, 3.8) is 0 Å². The third-order valence-corrected chi connectivity index (χ3v) is 2.43. The molecule has 0 bridgehead atoms. The molecule has 0 aliphatic rings. The molecule has 0 aliphatic carbocycles. The third kappa shape index (κ3) is 4.52. The van der Waals surface area contributed by atoms with E-state index in [1.807, 2.05) is 30.3 Å². The molecule has 0 saturated heterocycles. The number of carbonyl (C=O) groups excluding carboxylic acids is 1. The standard InChI is InChI=1S/C14H11ClN2O2/c15-14(18)19-10-11-6-8-13(9-7-11)17-16-12-4-2-1-3-5-12/h1-9H,10H2/b17-16+. The molecule has 5 heteroatoms. The van der Waals surface area contributed by atoms with Crippen LogP contribution in [0.1, 0.15) is 5.56 Å². The van der Waals surface area contributed by atoms with Crippen LogP contribution in [0.2, 0.25) is 0 Å². The van der Waals surface area contributed by atoms with Crippen molar-refractivity contribution in [3.8, 4) is 0 Å². The van der Waals surface area contributed by atoms with E-state index in [2.05, 4.69) is 15.0 Å². The van der Waals surface area contributed by atoms with Gasteiger partial charge in [0.2, 0.25) is 0 Å². The summed E-state index contributed by atoms with van der Waals surface area (Å²) in [6.45, 7) is 0.151. The summed E-state index contributed by atoms with van der Waals surface area (Å²) in [5.41, 5.74) is 1.55. The molecule has 0 unspecified atom stereocenters. The van der Waals surface area contributed by atoms with Gasteiger partial charge in [-0.1, -0.05) is 30.3 Å². The summed E-state index contributed by atoms with van der Waals surface area (Å²) in [6.07, 6.45) is 0. The van der Waals surface area contributed by atoms with Gasteiger partial charge in [0.05, 0.1) is 11.4 Å². The van der Waals surface area contributed by atoms with Crippen LogP contribution >= 0.6 is 11.6 Å². The summed E-state index contributed by atoms with van der Waals surface area (Å²) >= 11 is 5.08. The Morgan fingerprint density at radius 2 is 1.53 bits per heavy atom. The average Bonchev–Trinajstić information content (AvgIpc) is 2.45. The zero-order valence-electron chi connectivity index (χ0n) is 9.99. The first-order valence-corrected chi connectivity index (χ1v) is 6.00. The number of benzene rings is 2. The summed E-state index contributed by atoms with van der Waals surface area (Å²) in [5, 5.41) is 8.20. The van der Waals surface area contributed by atoms with Crippen LogP contribution in [-0.4, -0.2) is 5.43 Å². The SMILES string of the molecule is O=C(Cl)OCc1ccc(/N=N/c2ccccc2)cc1. The van der Waals surface area contributed by atoms with Crippen LogP contribution in [0.4, 0.5) is 16.2 Å². The van der Waals surface area contributed by atoms with Crippen LogP contribution in [0.5, 0.6) is 0 Å². The molecule has 4 nitrogen and oxygen atoms in total. The Morgan fingerprint density at radius 3 is 2.11 bits per heavy atom. The number of halogens is 1. The summed E-state index contributed by atoms with van der Waals surface area (Å²) in [7, 11) is 0.